The number of ether oxygens (including phenoxy) is 2. The van der Waals surface area contributed by atoms with Crippen LogP contribution < -0.4 is 9.47 Å². The Morgan fingerprint density at radius 2 is 1.72 bits per heavy atom. The van der Waals surface area contributed by atoms with Crippen LogP contribution in [-0.2, 0) is 11.0 Å². The molecule has 3 aliphatic heterocycles. The number of likely N-dealkylation sites (tertiary alicyclic amines) is 1. The van der Waals surface area contributed by atoms with Gasteiger partial charge in [0.15, 0.2) is 11.5 Å². The van der Waals surface area contributed by atoms with E-state index in [-0.39, 0.29) is 0 Å². The van der Waals surface area contributed by atoms with E-state index in [0.29, 0.717) is 25.0 Å². The largest absolute Gasteiger partial charge is 0.486 e. The van der Waals surface area contributed by atoms with Crippen molar-refractivity contribution in [3.63, 3.8) is 0 Å². The highest BCUT2D eigenvalue weighted by molar-refractivity contribution is 7.82. The number of fused-ring (bicyclic) bond motifs is 1. The van der Waals surface area contributed by atoms with Crippen molar-refractivity contribution in [2.45, 2.75) is 43.5 Å². The minimum atomic E-state index is -1.18. The first-order chi connectivity index (χ1) is 12.2. The molecule has 4 rings (SSSR count). The number of hydrogen-bond acceptors (Lipinski definition) is 4. The van der Waals surface area contributed by atoms with Gasteiger partial charge in [-0.1, -0.05) is 13.0 Å². The van der Waals surface area contributed by atoms with E-state index in [0.717, 1.165) is 42.5 Å². The molecule has 0 saturated carbocycles. The Kier molecular flexibility index (Phi) is 5.29. The Labute approximate surface area is 152 Å². The Morgan fingerprint density at radius 3 is 2.48 bits per heavy atom. The van der Waals surface area contributed by atoms with Crippen molar-refractivity contribution < 1.29 is 13.7 Å². The lowest BCUT2D eigenvalue weighted by Crippen LogP contribution is -2.47. The minimum absolute atomic E-state index is 0.524. The summed E-state index contributed by atoms with van der Waals surface area (Å²) in [5, 5.41) is 0. The van der Waals surface area contributed by atoms with E-state index < -0.39 is 11.0 Å². The maximum absolute atomic E-state index is 13.1. The van der Waals surface area contributed by atoms with Crippen molar-refractivity contribution in [3.8, 4) is 11.5 Å². The highest BCUT2D eigenvalue weighted by atomic mass is 32.2. The Morgan fingerprint density at radius 1 is 1.00 bits per heavy atom. The number of benzene rings is 1. The zero-order valence-electron chi connectivity index (χ0n) is 15.0. The van der Waals surface area contributed by atoms with Crippen LogP contribution in [0.1, 0.15) is 32.6 Å². The topological polar surface area (TPSA) is 42.0 Å². The van der Waals surface area contributed by atoms with E-state index in [1.54, 1.807) is 0 Å². The number of piperidine rings is 2. The van der Waals surface area contributed by atoms with Crippen LogP contribution >= 0.6 is 0 Å². The molecule has 25 heavy (non-hydrogen) atoms. The maximum Gasteiger partial charge on any atom is 0.178 e. The van der Waals surface area contributed by atoms with Crippen LogP contribution in [0.15, 0.2) is 23.1 Å². The summed E-state index contributed by atoms with van der Waals surface area (Å²) in [4.78, 5) is 3.41. The lowest BCUT2D eigenvalue weighted by Gasteiger charge is -2.41. The van der Waals surface area contributed by atoms with Crippen LogP contribution in [-0.4, -0.2) is 58.8 Å². The van der Waals surface area contributed by atoms with Crippen LogP contribution in [0.25, 0.3) is 0 Å². The van der Waals surface area contributed by atoms with E-state index in [1.807, 2.05) is 18.2 Å². The van der Waals surface area contributed by atoms with Crippen molar-refractivity contribution >= 4 is 11.0 Å². The zero-order chi connectivity index (χ0) is 17.2. The number of rotatable bonds is 3. The fraction of sp³-hybridized carbons (Fsp3) is 0.684. The maximum atomic E-state index is 13.1. The van der Waals surface area contributed by atoms with Gasteiger partial charge >= 0.3 is 0 Å². The molecule has 2 saturated heterocycles. The highest BCUT2D eigenvalue weighted by Gasteiger charge is 2.31. The third-order valence-corrected chi connectivity index (χ3v) is 7.24. The second kappa shape index (κ2) is 7.64. The van der Waals surface area contributed by atoms with Crippen LogP contribution in [0.2, 0.25) is 0 Å². The van der Waals surface area contributed by atoms with E-state index in [9.17, 15) is 4.21 Å². The third-order valence-electron chi connectivity index (χ3n) is 5.71. The predicted octanol–water partition coefficient (Wildman–Crippen LogP) is 2.68. The number of nitrogens with zero attached hydrogens (tertiary/aromatic N) is 2. The number of hydrogen-bond donors (Lipinski definition) is 0. The molecule has 0 bridgehead atoms. The summed E-state index contributed by atoms with van der Waals surface area (Å²) < 4.78 is 26.5. The lowest BCUT2D eigenvalue weighted by atomic mass is 9.95. The molecular formula is C19H28N2O3S. The second-order valence-corrected chi connectivity index (χ2v) is 8.86. The molecule has 0 spiro atoms. The van der Waals surface area contributed by atoms with Gasteiger partial charge in [-0.2, -0.15) is 0 Å². The average Bonchev–Trinajstić information content (AvgIpc) is 2.68. The van der Waals surface area contributed by atoms with Gasteiger partial charge in [-0.05, 0) is 56.8 Å². The van der Waals surface area contributed by atoms with E-state index >= 15 is 0 Å². The molecule has 0 amide bonds. The fourth-order valence-electron chi connectivity index (χ4n) is 4.09. The molecule has 0 aliphatic carbocycles. The molecule has 138 valence electrons. The van der Waals surface area contributed by atoms with Crippen molar-refractivity contribution in [2.75, 3.05) is 39.4 Å². The van der Waals surface area contributed by atoms with Gasteiger partial charge in [0.2, 0.25) is 0 Å². The van der Waals surface area contributed by atoms with Crippen molar-refractivity contribution in [1.29, 1.82) is 0 Å². The van der Waals surface area contributed by atoms with E-state index in [4.69, 9.17) is 9.47 Å². The molecule has 2 fully saturated rings. The van der Waals surface area contributed by atoms with Gasteiger partial charge in [0.25, 0.3) is 0 Å². The molecule has 1 aromatic carbocycles. The predicted molar refractivity (Wildman–Crippen MR) is 98.4 cm³/mol. The van der Waals surface area contributed by atoms with Gasteiger partial charge < -0.3 is 14.4 Å². The molecule has 1 atom stereocenters. The first kappa shape index (κ1) is 17.3. The van der Waals surface area contributed by atoms with Crippen LogP contribution in [0.3, 0.4) is 0 Å². The van der Waals surface area contributed by atoms with Crippen LogP contribution in [0.5, 0.6) is 11.5 Å². The summed E-state index contributed by atoms with van der Waals surface area (Å²) in [5.74, 6) is 2.25. The van der Waals surface area contributed by atoms with Gasteiger partial charge in [0.05, 0.1) is 0 Å². The Balaban J connectivity index is 1.39. The summed E-state index contributed by atoms with van der Waals surface area (Å²) in [7, 11) is -1.18. The molecule has 0 aromatic heterocycles. The molecule has 1 unspecified atom stereocenters. The van der Waals surface area contributed by atoms with Crippen LogP contribution in [0.4, 0.5) is 0 Å². The highest BCUT2D eigenvalue weighted by Crippen LogP contribution is 2.37. The molecule has 1 aromatic rings. The average molecular weight is 365 g/mol. The molecule has 0 radical (unpaired) electrons. The molecular weight excluding hydrogens is 336 g/mol. The molecule has 3 heterocycles. The van der Waals surface area contributed by atoms with E-state index in [1.165, 1.54) is 25.9 Å². The number of para-hydroxylation sites is 1. The van der Waals surface area contributed by atoms with Crippen molar-refractivity contribution in [1.82, 2.24) is 9.21 Å². The molecule has 3 aliphatic rings. The molecule has 5 nitrogen and oxygen atoms in total. The smallest absolute Gasteiger partial charge is 0.178 e. The summed E-state index contributed by atoms with van der Waals surface area (Å²) >= 11 is 0. The second-order valence-electron chi connectivity index (χ2n) is 7.41. The Bertz CT molecular complexity index is 623. The quantitative estimate of drug-likeness (QED) is 0.827. The van der Waals surface area contributed by atoms with Gasteiger partial charge in [-0.15, -0.1) is 0 Å². The lowest BCUT2D eigenvalue weighted by molar-refractivity contribution is 0.102. The van der Waals surface area contributed by atoms with Gasteiger partial charge in [0, 0.05) is 19.1 Å². The molecule has 6 heteroatoms. The normalized spacial score (nSPS) is 25.0. The summed E-state index contributed by atoms with van der Waals surface area (Å²) in [5.41, 5.74) is 0. The van der Waals surface area contributed by atoms with Crippen molar-refractivity contribution in [3.05, 3.63) is 18.2 Å². The standard InChI is InChI=1S/C19H28N2O3S/c1-15-5-9-20(10-6-15)16-7-11-21(12-8-16)25(22)18-4-2-3-17-19(18)24-14-13-23-17/h2-4,15-16H,5-14H2,1H3. The first-order valence-electron chi connectivity index (χ1n) is 9.52. The van der Waals surface area contributed by atoms with Crippen molar-refractivity contribution in [2.24, 2.45) is 5.92 Å². The third kappa shape index (κ3) is 3.71. The zero-order valence-corrected chi connectivity index (χ0v) is 15.8. The minimum Gasteiger partial charge on any atom is -0.486 e. The van der Waals surface area contributed by atoms with Gasteiger partial charge in [-0.3, -0.25) is 0 Å². The van der Waals surface area contributed by atoms with Gasteiger partial charge in [-0.25, -0.2) is 8.51 Å². The van der Waals surface area contributed by atoms with Gasteiger partial charge in [0.1, 0.15) is 29.1 Å². The summed E-state index contributed by atoms with van der Waals surface area (Å²) in [6.07, 6.45) is 4.85. The van der Waals surface area contributed by atoms with Crippen LogP contribution in [0, 0.1) is 5.92 Å². The SMILES string of the molecule is CC1CCN(C2CCN(S(=O)c3cccc4c3OCCO4)CC2)CC1. The summed E-state index contributed by atoms with van der Waals surface area (Å²) in [6, 6.07) is 6.35. The van der Waals surface area contributed by atoms with E-state index in [2.05, 4.69) is 16.1 Å². The molecule has 0 N–H and O–H groups in total. The fourth-order valence-corrected chi connectivity index (χ4v) is 5.42. The Hall–Kier alpha value is -1.11. The monoisotopic (exact) mass is 364 g/mol. The first-order valence-corrected chi connectivity index (χ1v) is 10.6. The summed E-state index contributed by atoms with van der Waals surface area (Å²) in [6.45, 7) is 7.66.